The zero-order chi connectivity index (χ0) is 14.9. The van der Waals surface area contributed by atoms with Crippen molar-refractivity contribution in [1.82, 2.24) is 15.0 Å². The number of hydrogen-bond acceptors (Lipinski definition) is 5. The predicted molar refractivity (Wildman–Crippen MR) is 79.6 cm³/mol. The molecule has 1 aromatic carbocycles. The van der Waals surface area contributed by atoms with Crippen LogP contribution >= 0.6 is 11.6 Å². The number of nitrogens with zero attached hydrogens (tertiary/aromatic N) is 3. The molecule has 0 saturated carbocycles. The molecular formula is C13H9ClN4O2S. The number of sulfonamides is 1. The summed E-state index contributed by atoms with van der Waals surface area (Å²) >= 11 is 5.80. The highest BCUT2D eigenvalue weighted by molar-refractivity contribution is 7.92. The lowest BCUT2D eigenvalue weighted by Crippen LogP contribution is -2.14. The molecule has 2 heterocycles. The van der Waals surface area contributed by atoms with Gasteiger partial charge in [0, 0.05) is 17.8 Å². The van der Waals surface area contributed by atoms with Gasteiger partial charge in [-0.25, -0.2) is 18.4 Å². The highest BCUT2D eigenvalue weighted by Gasteiger charge is 2.15. The molecule has 0 aliphatic carbocycles. The molecule has 0 aliphatic rings. The van der Waals surface area contributed by atoms with Crippen LogP contribution in [0.1, 0.15) is 0 Å². The maximum absolute atomic E-state index is 12.3. The highest BCUT2D eigenvalue weighted by atomic mass is 35.5. The van der Waals surface area contributed by atoms with Gasteiger partial charge in [0.2, 0.25) is 0 Å². The average molecular weight is 321 g/mol. The molecule has 21 heavy (non-hydrogen) atoms. The lowest BCUT2D eigenvalue weighted by Gasteiger charge is -2.07. The molecule has 6 nitrogen and oxygen atoms in total. The lowest BCUT2D eigenvalue weighted by molar-refractivity contribution is 0.601. The van der Waals surface area contributed by atoms with Gasteiger partial charge >= 0.3 is 0 Å². The summed E-state index contributed by atoms with van der Waals surface area (Å²) in [6.45, 7) is 0. The number of halogens is 1. The molecule has 0 aliphatic heterocycles. The maximum Gasteiger partial charge on any atom is 0.263 e. The summed E-state index contributed by atoms with van der Waals surface area (Å²) in [5.74, 6) is 0.159. The number of nitrogens with one attached hydrogen (secondary N) is 1. The number of aromatic nitrogens is 3. The normalized spacial score (nSPS) is 11.5. The van der Waals surface area contributed by atoms with Crippen molar-refractivity contribution < 1.29 is 8.42 Å². The molecule has 0 bridgehead atoms. The number of benzene rings is 1. The molecule has 3 aromatic rings. The fourth-order valence-corrected chi connectivity index (χ4v) is 2.98. The third-order valence-corrected chi connectivity index (χ3v) is 4.30. The number of anilines is 1. The molecule has 106 valence electrons. The van der Waals surface area contributed by atoms with Crippen LogP contribution in [0.4, 0.5) is 5.82 Å². The van der Waals surface area contributed by atoms with Crippen LogP contribution in [-0.4, -0.2) is 23.4 Å². The van der Waals surface area contributed by atoms with Crippen molar-refractivity contribution in [2.24, 2.45) is 0 Å². The Hall–Kier alpha value is -2.25. The fourth-order valence-electron chi connectivity index (χ4n) is 1.79. The van der Waals surface area contributed by atoms with Gasteiger partial charge in [0.25, 0.3) is 10.0 Å². The van der Waals surface area contributed by atoms with Gasteiger partial charge in [-0.1, -0.05) is 11.6 Å². The largest absolute Gasteiger partial charge is 0.263 e. The minimum absolute atomic E-state index is 0.116. The van der Waals surface area contributed by atoms with E-state index in [4.69, 9.17) is 11.6 Å². The Morgan fingerprint density at radius 3 is 2.71 bits per heavy atom. The van der Waals surface area contributed by atoms with Crippen LogP contribution in [0.5, 0.6) is 0 Å². The molecule has 0 radical (unpaired) electrons. The Labute approximate surface area is 125 Å². The van der Waals surface area contributed by atoms with Gasteiger partial charge in [0.05, 0.1) is 16.6 Å². The fraction of sp³-hybridized carbons (Fsp3) is 0. The minimum atomic E-state index is -3.73. The first kappa shape index (κ1) is 13.7. The molecule has 8 heteroatoms. The zero-order valence-electron chi connectivity index (χ0n) is 10.6. The zero-order valence-corrected chi connectivity index (χ0v) is 12.1. The number of fused-ring (bicyclic) bond motifs is 1. The second-order valence-corrected chi connectivity index (χ2v) is 6.25. The summed E-state index contributed by atoms with van der Waals surface area (Å²) < 4.78 is 26.9. The summed E-state index contributed by atoms with van der Waals surface area (Å²) in [5, 5.41) is 1.04. The van der Waals surface area contributed by atoms with E-state index in [-0.39, 0.29) is 10.7 Å². The van der Waals surface area contributed by atoms with Gasteiger partial charge in [0.1, 0.15) is 5.15 Å². The van der Waals surface area contributed by atoms with E-state index in [1.54, 1.807) is 18.2 Å². The molecule has 0 atom stereocenters. The summed E-state index contributed by atoms with van der Waals surface area (Å²) in [6, 6.07) is 7.91. The van der Waals surface area contributed by atoms with Crippen LogP contribution in [0, 0.1) is 0 Å². The van der Waals surface area contributed by atoms with Crippen LogP contribution in [0.15, 0.2) is 53.8 Å². The summed E-state index contributed by atoms with van der Waals surface area (Å²) in [5.41, 5.74) is 0.626. The molecular weight excluding hydrogens is 312 g/mol. The Morgan fingerprint density at radius 1 is 1.10 bits per heavy atom. The van der Waals surface area contributed by atoms with E-state index >= 15 is 0 Å². The van der Waals surface area contributed by atoms with Crippen molar-refractivity contribution in [1.29, 1.82) is 0 Å². The molecule has 0 spiro atoms. The summed E-state index contributed by atoms with van der Waals surface area (Å²) in [4.78, 5) is 11.9. The smallest absolute Gasteiger partial charge is 0.262 e. The van der Waals surface area contributed by atoms with Crippen LogP contribution in [0.2, 0.25) is 5.15 Å². The van der Waals surface area contributed by atoms with Crippen molar-refractivity contribution in [2.45, 2.75) is 4.90 Å². The minimum Gasteiger partial charge on any atom is -0.262 e. The van der Waals surface area contributed by atoms with E-state index in [2.05, 4.69) is 19.7 Å². The van der Waals surface area contributed by atoms with Crippen molar-refractivity contribution in [3.63, 3.8) is 0 Å². The molecule has 3 rings (SSSR count). The van der Waals surface area contributed by atoms with E-state index in [0.717, 1.165) is 0 Å². The third kappa shape index (κ3) is 2.93. The van der Waals surface area contributed by atoms with Gasteiger partial charge in [-0.2, -0.15) is 0 Å². The predicted octanol–water partition coefficient (Wildman–Crippen LogP) is 2.48. The quantitative estimate of drug-likeness (QED) is 0.749. The number of rotatable bonds is 3. The molecule has 0 unspecified atom stereocenters. The standard InChI is InChI=1S/C13H9ClN4O2S/c14-12-4-1-9-7-10(2-3-11(9)17-12)21(19,20)18-13-8-15-5-6-16-13/h1-8H,(H,16,18). The van der Waals surface area contributed by atoms with Gasteiger partial charge in [-0.3, -0.25) is 9.71 Å². The summed E-state index contributed by atoms with van der Waals surface area (Å²) in [6.07, 6.45) is 4.20. The van der Waals surface area contributed by atoms with E-state index in [0.29, 0.717) is 16.1 Å². The number of pyridine rings is 1. The van der Waals surface area contributed by atoms with Crippen molar-refractivity contribution in [2.75, 3.05) is 4.72 Å². The summed E-state index contributed by atoms with van der Waals surface area (Å²) in [7, 11) is -3.73. The molecule has 0 amide bonds. The van der Waals surface area contributed by atoms with E-state index in [1.807, 2.05) is 0 Å². The molecule has 1 N–H and O–H groups in total. The Bertz CT molecular complexity index is 900. The van der Waals surface area contributed by atoms with Gasteiger partial charge < -0.3 is 0 Å². The average Bonchev–Trinajstić information content (AvgIpc) is 2.47. The second kappa shape index (κ2) is 5.27. The molecule has 2 aromatic heterocycles. The lowest BCUT2D eigenvalue weighted by atomic mass is 10.2. The second-order valence-electron chi connectivity index (χ2n) is 4.18. The topological polar surface area (TPSA) is 84.8 Å². The van der Waals surface area contributed by atoms with Gasteiger partial charge in [0.15, 0.2) is 5.82 Å². The Balaban J connectivity index is 2.01. The maximum atomic E-state index is 12.3. The molecule has 0 fully saturated rings. The first-order valence-corrected chi connectivity index (χ1v) is 7.76. The van der Waals surface area contributed by atoms with Crippen LogP contribution in [0.3, 0.4) is 0 Å². The van der Waals surface area contributed by atoms with Crippen LogP contribution in [0.25, 0.3) is 10.9 Å². The Morgan fingerprint density at radius 2 is 1.95 bits per heavy atom. The first-order valence-electron chi connectivity index (χ1n) is 5.90. The monoisotopic (exact) mass is 320 g/mol. The van der Waals surface area contributed by atoms with Crippen LogP contribution < -0.4 is 4.72 Å². The van der Waals surface area contributed by atoms with Crippen molar-refractivity contribution in [3.8, 4) is 0 Å². The van der Waals surface area contributed by atoms with Gasteiger partial charge in [-0.05, 0) is 30.3 Å². The SMILES string of the molecule is O=S(=O)(Nc1cnccn1)c1ccc2nc(Cl)ccc2c1. The highest BCUT2D eigenvalue weighted by Crippen LogP contribution is 2.21. The third-order valence-electron chi connectivity index (χ3n) is 2.74. The molecule has 0 saturated heterocycles. The first-order chi connectivity index (χ1) is 10.0. The van der Waals surface area contributed by atoms with Crippen LogP contribution in [-0.2, 0) is 10.0 Å². The van der Waals surface area contributed by atoms with E-state index in [9.17, 15) is 8.42 Å². The number of hydrogen-bond donors (Lipinski definition) is 1. The van der Waals surface area contributed by atoms with Gasteiger partial charge in [-0.15, -0.1) is 0 Å². The van der Waals surface area contributed by atoms with E-state index in [1.165, 1.54) is 30.7 Å². The van der Waals surface area contributed by atoms with Crippen molar-refractivity contribution >= 4 is 38.3 Å². The van der Waals surface area contributed by atoms with E-state index < -0.39 is 10.0 Å². The Kier molecular flexibility index (Phi) is 3.44. The van der Waals surface area contributed by atoms with Crippen molar-refractivity contribution in [3.05, 3.63) is 54.1 Å².